The van der Waals surface area contributed by atoms with Crippen molar-refractivity contribution in [2.75, 3.05) is 18.1 Å². The number of aromatic nitrogens is 1. The van der Waals surface area contributed by atoms with E-state index in [1.165, 1.54) is 5.69 Å². The first-order valence-electron chi connectivity index (χ1n) is 9.39. The van der Waals surface area contributed by atoms with Gasteiger partial charge < -0.3 is 10.0 Å². The Morgan fingerprint density at radius 3 is 2.70 bits per heavy atom. The van der Waals surface area contributed by atoms with Crippen LogP contribution in [-0.4, -0.2) is 24.3 Å². The third-order valence-corrected chi connectivity index (χ3v) is 5.67. The molecule has 138 valence electrons. The maximum absolute atomic E-state index is 9.52. The van der Waals surface area contributed by atoms with Gasteiger partial charge in [-0.3, -0.25) is 0 Å². The second-order valence-corrected chi connectivity index (χ2v) is 7.55. The number of nitrogens with zero attached hydrogens (tertiary/aromatic N) is 2. The number of hydrogen-bond acceptors (Lipinski definition) is 2. The molecule has 1 aliphatic rings. The Labute approximate surface area is 165 Å². The smallest absolute Gasteiger partial charge is 0.212 e. The summed E-state index contributed by atoms with van der Waals surface area (Å²) in [5, 5.41) is 11.4. The normalized spacial score (nSPS) is 17.3. The number of aliphatic hydroxyl groups excluding tert-OH is 1. The summed E-state index contributed by atoms with van der Waals surface area (Å²) in [6.45, 7) is 1.25. The number of aryl methyl sites for hydroxylation is 1. The second-order valence-electron chi connectivity index (χ2n) is 7.12. The molecule has 0 amide bonds. The lowest BCUT2D eigenvalue weighted by atomic mass is 10.1. The van der Waals surface area contributed by atoms with Crippen LogP contribution in [-0.2, 0) is 7.05 Å². The van der Waals surface area contributed by atoms with E-state index in [4.69, 9.17) is 11.6 Å². The number of hydrogen-bond donors (Lipinski definition) is 1. The van der Waals surface area contributed by atoms with Crippen molar-refractivity contribution in [2.24, 2.45) is 7.05 Å². The molecule has 1 aliphatic heterocycles. The quantitative estimate of drug-likeness (QED) is 0.678. The van der Waals surface area contributed by atoms with Gasteiger partial charge in [0, 0.05) is 40.8 Å². The van der Waals surface area contributed by atoms with Gasteiger partial charge in [0.25, 0.3) is 0 Å². The van der Waals surface area contributed by atoms with Crippen molar-refractivity contribution < 1.29 is 9.67 Å². The number of halogens is 1. The fourth-order valence-corrected chi connectivity index (χ4v) is 4.06. The largest absolute Gasteiger partial charge is 0.394 e. The number of rotatable bonds is 4. The highest BCUT2D eigenvalue weighted by atomic mass is 35.5. The summed E-state index contributed by atoms with van der Waals surface area (Å²) >= 11 is 6.09. The van der Waals surface area contributed by atoms with Crippen molar-refractivity contribution in [1.29, 1.82) is 0 Å². The molecule has 3 nitrogen and oxygen atoms in total. The third kappa shape index (κ3) is 3.71. The average Bonchev–Trinajstić information content (AvgIpc) is 3.16. The van der Waals surface area contributed by atoms with E-state index in [1.807, 2.05) is 12.1 Å². The summed E-state index contributed by atoms with van der Waals surface area (Å²) in [7, 11) is 2.07. The van der Waals surface area contributed by atoms with Crippen molar-refractivity contribution in [3.63, 3.8) is 0 Å². The molecule has 27 heavy (non-hydrogen) atoms. The zero-order valence-electron chi connectivity index (χ0n) is 15.5. The first-order valence-corrected chi connectivity index (χ1v) is 9.77. The van der Waals surface area contributed by atoms with E-state index in [0.717, 1.165) is 46.6 Å². The number of fused-ring (bicyclic) bond motifs is 1. The predicted octanol–water partition coefficient (Wildman–Crippen LogP) is 4.45. The molecule has 0 bridgehead atoms. The first kappa shape index (κ1) is 18.0. The Kier molecular flexibility index (Phi) is 5.15. The Hall–Kier alpha value is -2.36. The number of pyridine rings is 1. The van der Waals surface area contributed by atoms with Gasteiger partial charge in [-0.05, 0) is 54.8 Å². The molecule has 0 aliphatic carbocycles. The SMILES string of the molecule is C[n+]1c(C=Cc2ccc(N3CCCC3CO)cc2)ccc2cc(Cl)ccc21. The van der Waals surface area contributed by atoms with Crippen molar-refractivity contribution in [1.82, 2.24) is 0 Å². The lowest BCUT2D eigenvalue weighted by Crippen LogP contribution is -2.32. The van der Waals surface area contributed by atoms with Gasteiger partial charge in [0.2, 0.25) is 11.2 Å². The van der Waals surface area contributed by atoms with Gasteiger partial charge in [0.05, 0.1) is 12.6 Å². The van der Waals surface area contributed by atoms with Gasteiger partial charge in [0.1, 0.15) is 7.05 Å². The van der Waals surface area contributed by atoms with Crippen LogP contribution in [0.15, 0.2) is 54.6 Å². The molecule has 1 unspecified atom stereocenters. The van der Waals surface area contributed by atoms with Gasteiger partial charge in [-0.2, -0.15) is 4.57 Å². The zero-order chi connectivity index (χ0) is 18.8. The number of aliphatic hydroxyl groups is 1. The first-order chi connectivity index (χ1) is 13.2. The zero-order valence-corrected chi connectivity index (χ0v) is 16.2. The Balaban J connectivity index is 1.55. The van der Waals surface area contributed by atoms with Crippen LogP contribution in [0.3, 0.4) is 0 Å². The van der Waals surface area contributed by atoms with Crippen LogP contribution in [0, 0.1) is 0 Å². The Bertz CT molecular complexity index is 982. The molecule has 3 aromatic rings. The van der Waals surface area contributed by atoms with E-state index >= 15 is 0 Å². The van der Waals surface area contributed by atoms with Gasteiger partial charge >= 0.3 is 0 Å². The summed E-state index contributed by atoms with van der Waals surface area (Å²) in [4.78, 5) is 2.31. The highest BCUT2D eigenvalue weighted by molar-refractivity contribution is 6.31. The van der Waals surface area contributed by atoms with Crippen LogP contribution < -0.4 is 9.47 Å². The maximum atomic E-state index is 9.52. The molecular formula is C23H24ClN2O+. The topological polar surface area (TPSA) is 27.4 Å². The molecule has 0 radical (unpaired) electrons. The van der Waals surface area contributed by atoms with E-state index in [2.05, 4.69) is 71.1 Å². The number of benzene rings is 2. The standard InChI is InChI=1S/C23H24ClN2O/c1-25-20(12-7-18-15-19(24)8-13-23(18)25)9-4-17-5-10-21(11-6-17)26-14-2-3-22(26)16-27/h4-13,15,22,27H,2-3,14,16H2,1H3/q+1. The molecule has 0 spiro atoms. The monoisotopic (exact) mass is 379 g/mol. The fraction of sp³-hybridized carbons (Fsp3) is 0.261. The Morgan fingerprint density at radius 1 is 1.11 bits per heavy atom. The summed E-state index contributed by atoms with van der Waals surface area (Å²) in [6, 6.07) is 19.0. The molecule has 4 rings (SSSR count). The molecular weight excluding hydrogens is 356 g/mol. The van der Waals surface area contributed by atoms with Crippen LogP contribution >= 0.6 is 11.6 Å². The second kappa shape index (κ2) is 7.71. The Morgan fingerprint density at radius 2 is 1.93 bits per heavy atom. The summed E-state index contributed by atoms with van der Waals surface area (Å²) < 4.78 is 2.17. The van der Waals surface area contributed by atoms with Gasteiger partial charge in [-0.1, -0.05) is 23.7 Å². The van der Waals surface area contributed by atoms with Crippen molar-refractivity contribution in [2.45, 2.75) is 18.9 Å². The lowest BCUT2D eigenvalue weighted by molar-refractivity contribution is -0.646. The van der Waals surface area contributed by atoms with E-state index in [0.29, 0.717) is 0 Å². The molecule has 1 N–H and O–H groups in total. The van der Waals surface area contributed by atoms with Crippen LogP contribution in [0.4, 0.5) is 5.69 Å². The van der Waals surface area contributed by atoms with E-state index < -0.39 is 0 Å². The van der Waals surface area contributed by atoms with Gasteiger partial charge in [-0.25, -0.2) is 0 Å². The average molecular weight is 380 g/mol. The molecule has 2 heterocycles. The molecule has 1 atom stereocenters. The molecule has 0 saturated carbocycles. The third-order valence-electron chi connectivity index (χ3n) is 5.43. The number of anilines is 1. The minimum Gasteiger partial charge on any atom is -0.394 e. The van der Waals surface area contributed by atoms with E-state index in [-0.39, 0.29) is 12.6 Å². The van der Waals surface area contributed by atoms with E-state index in [1.54, 1.807) is 0 Å². The molecule has 1 saturated heterocycles. The van der Waals surface area contributed by atoms with Gasteiger partial charge in [0.15, 0.2) is 0 Å². The van der Waals surface area contributed by atoms with Crippen molar-refractivity contribution in [3.05, 3.63) is 70.9 Å². The molecule has 1 aromatic heterocycles. The lowest BCUT2D eigenvalue weighted by Gasteiger charge is -2.25. The summed E-state index contributed by atoms with van der Waals surface area (Å²) in [5.74, 6) is 0. The molecule has 4 heteroatoms. The minimum absolute atomic E-state index is 0.228. The highest BCUT2D eigenvalue weighted by Gasteiger charge is 2.23. The summed E-state index contributed by atoms with van der Waals surface area (Å²) in [5.41, 5.74) is 4.64. The highest BCUT2D eigenvalue weighted by Crippen LogP contribution is 2.26. The van der Waals surface area contributed by atoms with Crippen molar-refractivity contribution in [3.8, 4) is 0 Å². The molecule has 1 fully saturated rings. The van der Waals surface area contributed by atoms with E-state index in [9.17, 15) is 5.11 Å². The van der Waals surface area contributed by atoms with Crippen LogP contribution in [0.25, 0.3) is 23.1 Å². The fourth-order valence-electron chi connectivity index (χ4n) is 3.88. The van der Waals surface area contributed by atoms with Crippen LogP contribution in [0.5, 0.6) is 0 Å². The predicted molar refractivity (Wildman–Crippen MR) is 113 cm³/mol. The summed E-state index contributed by atoms with van der Waals surface area (Å²) in [6.07, 6.45) is 6.49. The minimum atomic E-state index is 0.228. The molecule has 2 aromatic carbocycles. The van der Waals surface area contributed by atoms with Crippen LogP contribution in [0.1, 0.15) is 24.1 Å². The van der Waals surface area contributed by atoms with Crippen molar-refractivity contribution >= 4 is 40.3 Å². The maximum Gasteiger partial charge on any atom is 0.212 e. The van der Waals surface area contributed by atoms with Crippen LogP contribution in [0.2, 0.25) is 5.02 Å². The van der Waals surface area contributed by atoms with Gasteiger partial charge in [-0.15, -0.1) is 0 Å².